The predicted molar refractivity (Wildman–Crippen MR) is 106 cm³/mol. The van der Waals surface area contributed by atoms with Crippen LogP contribution in [0.15, 0.2) is 83.7 Å². The summed E-state index contributed by atoms with van der Waals surface area (Å²) in [5, 5.41) is 9.65. The molecule has 0 amide bonds. The second-order valence-corrected chi connectivity index (χ2v) is 6.47. The lowest BCUT2D eigenvalue weighted by Crippen LogP contribution is -2.02. The molecule has 2 N–H and O–H groups in total. The quantitative estimate of drug-likeness (QED) is 0.567. The number of H-pyrrole nitrogens is 1. The first-order valence-corrected chi connectivity index (χ1v) is 8.64. The molecule has 0 spiro atoms. The SMILES string of the molecule is O=C(O)c1ccc(Cc2ccc(-c3cc(=O)c4ccccc4[nH]3)cc2)cc1. The number of para-hydroxylation sites is 1. The highest BCUT2D eigenvalue weighted by molar-refractivity contribution is 5.87. The van der Waals surface area contributed by atoms with Crippen molar-refractivity contribution in [2.75, 3.05) is 0 Å². The molecule has 0 saturated heterocycles. The van der Waals surface area contributed by atoms with Crippen molar-refractivity contribution < 1.29 is 9.90 Å². The van der Waals surface area contributed by atoms with Gasteiger partial charge in [0.1, 0.15) is 0 Å². The molecular weight excluding hydrogens is 338 g/mol. The van der Waals surface area contributed by atoms with Gasteiger partial charge in [0.05, 0.1) is 5.56 Å². The van der Waals surface area contributed by atoms with E-state index in [2.05, 4.69) is 4.98 Å². The van der Waals surface area contributed by atoms with Gasteiger partial charge in [-0.05, 0) is 47.4 Å². The third-order valence-electron chi connectivity index (χ3n) is 4.61. The van der Waals surface area contributed by atoms with E-state index in [1.165, 1.54) is 0 Å². The van der Waals surface area contributed by atoms with Gasteiger partial charge in [0.2, 0.25) is 0 Å². The highest BCUT2D eigenvalue weighted by Crippen LogP contribution is 2.20. The highest BCUT2D eigenvalue weighted by atomic mass is 16.4. The Hall–Kier alpha value is -3.66. The molecule has 4 aromatic rings. The van der Waals surface area contributed by atoms with E-state index in [9.17, 15) is 9.59 Å². The van der Waals surface area contributed by atoms with Gasteiger partial charge in [-0.25, -0.2) is 4.79 Å². The molecule has 0 bridgehead atoms. The first-order chi connectivity index (χ1) is 13.1. The normalized spacial score (nSPS) is 10.8. The van der Waals surface area contributed by atoms with Gasteiger partial charge in [-0.15, -0.1) is 0 Å². The minimum atomic E-state index is -0.921. The largest absolute Gasteiger partial charge is 0.478 e. The third kappa shape index (κ3) is 3.51. The van der Waals surface area contributed by atoms with Crippen molar-refractivity contribution in [2.45, 2.75) is 6.42 Å². The molecule has 27 heavy (non-hydrogen) atoms. The average molecular weight is 355 g/mol. The summed E-state index contributed by atoms with van der Waals surface area (Å²) in [7, 11) is 0. The van der Waals surface area contributed by atoms with Crippen LogP contribution in [0.1, 0.15) is 21.5 Å². The fourth-order valence-corrected chi connectivity index (χ4v) is 3.16. The Morgan fingerprint density at radius 2 is 1.48 bits per heavy atom. The fourth-order valence-electron chi connectivity index (χ4n) is 3.16. The number of pyridine rings is 1. The number of rotatable bonds is 4. The lowest BCUT2D eigenvalue weighted by Gasteiger charge is -2.07. The van der Waals surface area contributed by atoms with Crippen LogP contribution in [0.2, 0.25) is 0 Å². The molecule has 3 aromatic carbocycles. The minimum Gasteiger partial charge on any atom is -0.478 e. The van der Waals surface area contributed by atoms with Crippen molar-refractivity contribution in [3.8, 4) is 11.3 Å². The van der Waals surface area contributed by atoms with E-state index >= 15 is 0 Å². The Kier molecular flexibility index (Phi) is 4.30. The van der Waals surface area contributed by atoms with Crippen LogP contribution in [0.4, 0.5) is 0 Å². The Bertz CT molecular complexity index is 1170. The highest BCUT2D eigenvalue weighted by Gasteiger charge is 2.05. The molecule has 0 aliphatic rings. The number of aromatic amines is 1. The van der Waals surface area contributed by atoms with Crippen molar-refractivity contribution in [1.29, 1.82) is 0 Å². The van der Waals surface area contributed by atoms with Crippen LogP contribution in [-0.2, 0) is 6.42 Å². The molecule has 0 atom stereocenters. The Labute approximate surface area is 155 Å². The Morgan fingerprint density at radius 3 is 2.15 bits per heavy atom. The topological polar surface area (TPSA) is 70.2 Å². The fraction of sp³-hybridized carbons (Fsp3) is 0.0435. The summed E-state index contributed by atoms with van der Waals surface area (Å²) in [6.45, 7) is 0. The monoisotopic (exact) mass is 355 g/mol. The minimum absolute atomic E-state index is 0.00180. The van der Waals surface area contributed by atoms with Gasteiger partial charge in [-0.1, -0.05) is 48.5 Å². The summed E-state index contributed by atoms with van der Waals surface area (Å²) in [5.41, 5.74) is 5.01. The third-order valence-corrected chi connectivity index (χ3v) is 4.61. The molecule has 0 saturated carbocycles. The zero-order valence-electron chi connectivity index (χ0n) is 14.5. The molecule has 0 fully saturated rings. The van der Waals surface area contributed by atoms with Gasteiger partial charge >= 0.3 is 5.97 Å². The number of hydrogen-bond donors (Lipinski definition) is 2. The van der Waals surface area contributed by atoms with E-state index in [4.69, 9.17) is 5.11 Å². The van der Waals surface area contributed by atoms with Crippen LogP contribution in [0, 0.1) is 0 Å². The standard InChI is InChI=1S/C23H17NO3/c25-22-14-21(24-20-4-2-1-3-19(20)22)17-9-5-15(6-10-17)13-16-7-11-18(12-8-16)23(26)27/h1-12,14H,13H2,(H,24,25)(H,26,27). The first-order valence-electron chi connectivity index (χ1n) is 8.64. The smallest absolute Gasteiger partial charge is 0.335 e. The van der Waals surface area contributed by atoms with Gasteiger partial charge in [0, 0.05) is 22.7 Å². The first kappa shape index (κ1) is 16.8. The summed E-state index contributed by atoms with van der Waals surface area (Å²) in [4.78, 5) is 26.5. The van der Waals surface area contributed by atoms with Crippen LogP contribution < -0.4 is 5.43 Å². The van der Waals surface area contributed by atoms with Gasteiger partial charge in [-0.3, -0.25) is 4.79 Å². The molecule has 4 heteroatoms. The van der Waals surface area contributed by atoms with Gasteiger partial charge < -0.3 is 10.1 Å². The zero-order valence-corrected chi connectivity index (χ0v) is 14.5. The number of carboxylic acid groups (broad SMARTS) is 1. The van der Waals surface area contributed by atoms with Crippen molar-refractivity contribution in [1.82, 2.24) is 4.98 Å². The zero-order chi connectivity index (χ0) is 18.8. The number of hydrogen-bond acceptors (Lipinski definition) is 2. The summed E-state index contributed by atoms with van der Waals surface area (Å²) in [6, 6.07) is 24.0. The predicted octanol–water partition coefficient (Wildman–Crippen LogP) is 4.48. The Balaban J connectivity index is 1.59. The molecule has 0 aliphatic heterocycles. The average Bonchev–Trinajstić information content (AvgIpc) is 2.69. The molecule has 1 aromatic heterocycles. The maximum atomic E-state index is 12.3. The van der Waals surface area contributed by atoms with E-state index in [1.807, 2.05) is 60.7 Å². The van der Waals surface area contributed by atoms with Gasteiger partial charge in [0.25, 0.3) is 0 Å². The van der Waals surface area contributed by atoms with E-state index in [-0.39, 0.29) is 11.0 Å². The summed E-state index contributed by atoms with van der Waals surface area (Å²) < 4.78 is 0. The van der Waals surface area contributed by atoms with E-state index in [0.29, 0.717) is 11.8 Å². The molecule has 132 valence electrons. The van der Waals surface area contributed by atoms with Crippen LogP contribution in [0.25, 0.3) is 22.2 Å². The van der Waals surface area contributed by atoms with Crippen LogP contribution in [0.5, 0.6) is 0 Å². The molecule has 4 nitrogen and oxygen atoms in total. The van der Waals surface area contributed by atoms with Crippen LogP contribution in [-0.4, -0.2) is 16.1 Å². The number of fused-ring (bicyclic) bond motifs is 1. The van der Waals surface area contributed by atoms with Gasteiger partial charge in [-0.2, -0.15) is 0 Å². The molecule has 0 aliphatic carbocycles. The molecular formula is C23H17NO3. The lowest BCUT2D eigenvalue weighted by molar-refractivity contribution is 0.0697. The van der Waals surface area contributed by atoms with Gasteiger partial charge in [0.15, 0.2) is 5.43 Å². The summed E-state index contributed by atoms with van der Waals surface area (Å²) >= 11 is 0. The number of aromatic carboxylic acids is 1. The van der Waals surface area contributed by atoms with Crippen LogP contribution in [0.3, 0.4) is 0 Å². The summed E-state index contributed by atoms with van der Waals surface area (Å²) in [5.74, 6) is -0.921. The molecule has 1 heterocycles. The number of benzene rings is 3. The second-order valence-electron chi connectivity index (χ2n) is 6.47. The van der Waals surface area contributed by atoms with Crippen molar-refractivity contribution in [3.63, 3.8) is 0 Å². The lowest BCUT2D eigenvalue weighted by atomic mass is 10.0. The number of nitrogens with one attached hydrogen (secondary N) is 1. The summed E-state index contributed by atoms with van der Waals surface area (Å²) in [6.07, 6.45) is 0.717. The molecule has 0 unspecified atom stereocenters. The van der Waals surface area contributed by atoms with Crippen molar-refractivity contribution in [3.05, 3.63) is 106 Å². The molecule has 0 radical (unpaired) electrons. The maximum absolute atomic E-state index is 12.3. The van der Waals surface area contributed by atoms with E-state index in [1.54, 1.807) is 18.2 Å². The number of carboxylic acids is 1. The van der Waals surface area contributed by atoms with Crippen LogP contribution >= 0.6 is 0 Å². The van der Waals surface area contributed by atoms with E-state index in [0.717, 1.165) is 27.9 Å². The molecule has 4 rings (SSSR count). The second kappa shape index (κ2) is 6.92. The van der Waals surface area contributed by atoms with Crippen molar-refractivity contribution >= 4 is 16.9 Å². The Morgan fingerprint density at radius 1 is 0.852 bits per heavy atom. The number of aromatic nitrogens is 1. The van der Waals surface area contributed by atoms with Crippen molar-refractivity contribution in [2.24, 2.45) is 0 Å². The van der Waals surface area contributed by atoms with E-state index < -0.39 is 5.97 Å². The number of carbonyl (C=O) groups is 1. The maximum Gasteiger partial charge on any atom is 0.335 e.